The van der Waals surface area contributed by atoms with Crippen LogP contribution in [0.2, 0.25) is 0 Å². The van der Waals surface area contributed by atoms with Gasteiger partial charge < -0.3 is 4.74 Å². The standard InChI is InChI=1S/C11H14N2O3S2/c12-8-10-3-4-11(17-10)18(14,15)13-6-5-9-2-1-7-16-9/h3-4,9,13H,1-2,5-7H2. The van der Waals surface area contributed by atoms with E-state index in [2.05, 4.69) is 4.72 Å². The van der Waals surface area contributed by atoms with Crippen LogP contribution in [0.25, 0.3) is 0 Å². The molecule has 0 bridgehead atoms. The molecule has 2 heterocycles. The number of ether oxygens (including phenoxy) is 1. The van der Waals surface area contributed by atoms with Crippen molar-refractivity contribution in [3.63, 3.8) is 0 Å². The van der Waals surface area contributed by atoms with E-state index in [9.17, 15) is 8.42 Å². The Morgan fingerprint density at radius 3 is 3.00 bits per heavy atom. The van der Waals surface area contributed by atoms with Crippen LogP contribution in [0.3, 0.4) is 0 Å². The lowest BCUT2D eigenvalue weighted by molar-refractivity contribution is 0.105. The van der Waals surface area contributed by atoms with E-state index >= 15 is 0 Å². The summed E-state index contributed by atoms with van der Waals surface area (Å²) in [5, 5.41) is 8.66. The molecule has 0 saturated carbocycles. The van der Waals surface area contributed by atoms with Crippen molar-refractivity contribution in [2.24, 2.45) is 0 Å². The zero-order valence-electron chi connectivity index (χ0n) is 9.76. The van der Waals surface area contributed by atoms with Crippen molar-refractivity contribution in [1.82, 2.24) is 4.72 Å². The summed E-state index contributed by atoms with van der Waals surface area (Å²) in [6.45, 7) is 1.14. The van der Waals surface area contributed by atoms with Gasteiger partial charge in [-0.2, -0.15) is 5.26 Å². The molecule has 98 valence electrons. The SMILES string of the molecule is N#Cc1ccc(S(=O)(=O)NCCC2CCCO2)s1. The Bertz CT molecular complexity index is 539. The first kappa shape index (κ1) is 13.5. The molecule has 5 nitrogen and oxygen atoms in total. The molecule has 1 fully saturated rings. The molecular weight excluding hydrogens is 272 g/mol. The Morgan fingerprint density at radius 2 is 2.39 bits per heavy atom. The van der Waals surface area contributed by atoms with Gasteiger partial charge in [-0.3, -0.25) is 0 Å². The summed E-state index contributed by atoms with van der Waals surface area (Å²) in [5.74, 6) is 0. The van der Waals surface area contributed by atoms with Gasteiger partial charge in [0.15, 0.2) is 0 Å². The summed E-state index contributed by atoms with van der Waals surface area (Å²) in [6.07, 6.45) is 2.91. The van der Waals surface area contributed by atoms with Crippen LogP contribution < -0.4 is 4.72 Å². The number of thiophene rings is 1. The molecule has 1 aliphatic rings. The maximum atomic E-state index is 11.9. The predicted molar refractivity (Wildman–Crippen MR) is 67.8 cm³/mol. The highest BCUT2D eigenvalue weighted by Gasteiger charge is 2.19. The largest absolute Gasteiger partial charge is 0.378 e. The molecule has 1 N–H and O–H groups in total. The van der Waals surface area contributed by atoms with Crippen molar-refractivity contribution >= 4 is 21.4 Å². The van der Waals surface area contributed by atoms with Gasteiger partial charge >= 0.3 is 0 Å². The van der Waals surface area contributed by atoms with Gasteiger partial charge in [-0.25, -0.2) is 13.1 Å². The predicted octanol–water partition coefficient (Wildman–Crippen LogP) is 1.47. The van der Waals surface area contributed by atoms with Gasteiger partial charge in [0.1, 0.15) is 15.2 Å². The third kappa shape index (κ3) is 3.29. The molecule has 2 rings (SSSR count). The van der Waals surface area contributed by atoms with Crippen LogP contribution in [0, 0.1) is 11.3 Å². The molecule has 0 amide bonds. The molecule has 18 heavy (non-hydrogen) atoms. The second kappa shape index (κ2) is 5.80. The summed E-state index contributed by atoms with van der Waals surface area (Å²) in [5.41, 5.74) is 0. The number of nitrogens with zero attached hydrogens (tertiary/aromatic N) is 1. The van der Waals surface area contributed by atoms with E-state index in [4.69, 9.17) is 10.00 Å². The lowest BCUT2D eigenvalue weighted by Gasteiger charge is -2.09. The van der Waals surface area contributed by atoms with Crippen molar-refractivity contribution in [2.75, 3.05) is 13.2 Å². The molecule has 1 aromatic rings. The zero-order chi connectivity index (χ0) is 13.0. The first-order valence-corrected chi connectivity index (χ1v) is 8.03. The highest BCUT2D eigenvalue weighted by molar-refractivity contribution is 7.91. The van der Waals surface area contributed by atoms with Crippen molar-refractivity contribution < 1.29 is 13.2 Å². The molecule has 1 atom stereocenters. The monoisotopic (exact) mass is 286 g/mol. The van der Waals surface area contributed by atoms with E-state index in [1.165, 1.54) is 12.1 Å². The lowest BCUT2D eigenvalue weighted by Crippen LogP contribution is -2.26. The summed E-state index contributed by atoms with van der Waals surface area (Å²) in [7, 11) is -3.48. The molecule has 0 spiro atoms. The number of sulfonamides is 1. The molecule has 7 heteroatoms. The van der Waals surface area contributed by atoms with Gasteiger partial charge in [0.05, 0.1) is 6.10 Å². The van der Waals surface area contributed by atoms with Crippen LogP contribution in [-0.2, 0) is 14.8 Å². The Balaban J connectivity index is 1.89. The van der Waals surface area contributed by atoms with Crippen LogP contribution in [0.4, 0.5) is 0 Å². The van der Waals surface area contributed by atoms with E-state index in [0.29, 0.717) is 17.8 Å². The fourth-order valence-electron chi connectivity index (χ4n) is 1.82. The summed E-state index contributed by atoms with van der Waals surface area (Å²) in [4.78, 5) is 0.398. The number of rotatable bonds is 5. The van der Waals surface area contributed by atoms with Crippen molar-refractivity contribution in [3.05, 3.63) is 17.0 Å². The molecule has 0 radical (unpaired) electrons. The first-order chi connectivity index (χ1) is 8.62. The van der Waals surface area contributed by atoms with Crippen LogP contribution in [-0.4, -0.2) is 27.7 Å². The fourth-order valence-corrected chi connectivity index (χ4v) is 4.02. The molecule has 1 aromatic heterocycles. The van der Waals surface area contributed by atoms with Gasteiger partial charge in [0.25, 0.3) is 0 Å². The second-order valence-electron chi connectivity index (χ2n) is 4.05. The van der Waals surface area contributed by atoms with Gasteiger partial charge in [-0.15, -0.1) is 11.3 Å². The smallest absolute Gasteiger partial charge is 0.250 e. The molecule has 1 saturated heterocycles. The topological polar surface area (TPSA) is 79.2 Å². The number of nitriles is 1. The average Bonchev–Trinajstić information content (AvgIpc) is 2.99. The third-order valence-corrected chi connectivity index (χ3v) is 5.68. The van der Waals surface area contributed by atoms with Crippen molar-refractivity contribution in [3.8, 4) is 6.07 Å². The molecule has 1 unspecified atom stereocenters. The van der Waals surface area contributed by atoms with Crippen molar-refractivity contribution in [2.45, 2.75) is 29.6 Å². The van der Waals surface area contributed by atoms with Gasteiger partial charge in [0.2, 0.25) is 10.0 Å². The minimum Gasteiger partial charge on any atom is -0.378 e. The van der Waals surface area contributed by atoms with Crippen molar-refractivity contribution in [1.29, 1.82) is 5.26 Å². The Hall–Kier alpha value is -0.940. The quantitative estimate of drug-likeness (QED) is 0.889. The van der Waals surface area contributed by atoms with Crippen LogP contribution in [0.5, 0.6) is 0 Å². The Morgan fingerprint density at radius 1 is 1.56 bits per heavy atom. The number of hydrogen-bond donors (Lipinski definition) is 1. The van der Waals surface area contributed by atoms with Gasteiger partial charge in [0, 0.05) is 13.2 Å². The molecule has 0 aliphatic carbocycles. The average molecular weight is 286 g/mol. The minimum absolute atomic E-state index is 0.172. The first-order valence-electron chi connectivity index (χ1n) is 5.73. The molecule has 0 aromatic carbocycles. The normalized spacial score (nSPS) is 19.8. The summed E-state index contributed by atoms with van der Waals surface area (Å²) < 4.78 is 31.9. The molecule has 1 aliphatic heterocycles. The van der Waals surface area contributed by atoms with Gasteiger partial charge in [-0.1, -0.05) is 0 Å². The Kier molecular flexibility index (Phi) is 4.35. The van der Waals surface area contributed by atoms with E-state index in [-0.39, 0.29) is 10.3 Å². The maximum Gasteiger partial charge on any atom is 0.250 e. The molecular formula is C11H14N2O3S2. The highest BCUT2D eigenvalue weighted by atomic mass is 32.2. The van der Waals surface area contributed by atoms with E-state index in [1.807, 2.05) is 6.07 Å². The number of nitrogens with one attached hydrogen (secondary N) is 1. The van der Waals surface area contributed by atoms with Crippen LogP contribution in [0.1, 0.15) is 24.1 Å². The van der Waals surface area contributed by atoms with E-state index < -0.39 is 10.0 Å². The fraction of sp³-hybridized carbons (Fsp3) is 0.545. The van der Waals surface area contributed by atoms with Gasteiger partial charge in [-0.05, 0) is 31.4 Å². The van der Waals surface area contributed by atoms with Crippen LogP contribution >= 0.6 is 11.3 Å². The summed E-state index contributed by atoms with van der Waals surface area (Å²) >= 11 is 0.980. The third-order valence-electron chi connectivity index (χ3n) is 2.74. The van der Waals surface area contributed by atoms with Crippen LogP contribution in [0.15, 0.2) is 16.3 Å². The second-order valence-corrected chi connectivity index (χ2v) is 7.13. The summed E-state index contributed by atoms with van der Waals surface area (Å²) in [6, 6.07) is 4.90. The lowest BCUT2D eigenvalue weighted by atomic mass is 10.2. The Labute approximate surface area is 110 Å². The zero-order valence-corrected chi connectivity index (χ0v) is 11.4. The maximum absolute atomic E-state index is 11.9. The minimum atomic E-state index is -3.48. The van der Waals surface area contributed by atoms with E-state index in [0.717, 1.165) is 30.8 Å². The highest BCUT2D eigenvalue weighted by Crippen LogP contribution is 2.21. The van der Waals surface area contributed by atoms with E-state index in [1.54, 1.807) is 0 Å². The number of hydrogen-bond acceptors (Lipinski definition) is 5.